The molecule has 0 fully saturated rings. The molecule has 1 rings (SSSR count). The van der Waals surface area contributed by atoms with Gasteiger partial charge in [-0.25, -0.2) is 0 Å². The van der Waals surface area contributed by atoms with E-state index >= 15 is 0 Å². The van der Waals surface area contributed by atoms with Gasteiger partial charge in [-0.05, 0) is 18.2 Å². The Morgan fingerprint density at radius 2 is 2.17 bits per heavy atom. The lowest BCUT2D eigenvalue weighted by Gasteiger charge is -2.07. The van der Waals surface area contributed by atoms with Gasteiger partial charge in [-0.15, -0.1) is 0 Å². The van der Waals surface area contributed by atoms with E-state index in [0.717, 1.165) is 0 Å². The van der Waals surface area contributed by atoms with Crippen molar-refractivity contribution in [1.29, 1.82) is 5.26 Å². The summed E-state index contributed by atoms with van der Waals surface area (Å²) in [6, 6.07) is 8.45. The highest BCUT2D eigenvalue weighted by molar-refractivity contribution is 5.85. The van der Waals surface area contributed by atoms with Gasteiger partial charge in [0.2, 0.25) is 5.91 Å². The van der Waals surface area contributed by atoms with E-state index in [9.17, 15) is 9.59 Å². The van der Waals surface area contributed by atoms with Crippen molar-refractivity contribution >= 4 is 11.8 Å². The Labute approximate surface area is 105 Å². The van der Waals surface area contributed by atoms with Gasteiger partial charge in [0.25, 0.3) is 5.91 Å². The number of nitrogens with one attached hydrogen (secondary N) is 2. The summed E-state index contributed by atoms with van der Waals surface area (Å²) >= 11 is 0. The maximum Gasteiger partial charge on any atom is 0.258 e. The molecule has 0 heterocycles. The summed E-state index contributed by atoms with van der Waals surface area (Å²) in [4.78, 5) is 22.2. The Morgan fingerprint density at radius 1 is 1.39 bits per heavy atom. The van der Waals surface area contributed by atoms with Crippen molar-refractivity contribution < 1.29 is 14.3 Å². The molecule has 1 aromatic rings. The highest BCUT2D eigenvalue weighted by Crippen LogP contribution is 2.11. The fourth-order valence-corrected chi connectivity index (χ4v) is 1.12. The zero-order valence-electron chi connectivity index (χ0n) is 9.90. The van der Waals surface area contributed by atoms with Gasteiger partial charge in [0.15, 0.2) is 6.61 Å². The minimum absolute atomic E-state index is 0.0864. The molecule has 0 saturated heterocycles. The highest BCUT2D eigenvalue weighted by Gasteiger charge is 2.05. The van der Waals surface area contributed by atoms with Crippen LogP contribution in [0.15, 0.2) is 24.3 Å². The third-order valence-electron chi connectivity index (χ3n) is 2.06. The van der Waals surface area contributed by atoms with Crippen LogP contribution in [0, 0.1) is 11.3 Å². The van der Waals surface area contributed by atoms with Crippen LogP contribution in [0.25, 0.3) is 0 Å². The Bertz CT molecular complexity index is 480. The Balaban J connectivity index is 2.38. The van der Waals surface area contributed by atoms with Gasteiger partial charge in [-0.3, -0.25) is 9.59 Å². The molecule has 2 N–H and O–H groups in total. The molecule has 1 aromatic carbocycles. The first-order valence-electron chi connectivity index (χ1n) is 5.26. The first-order chi connectivity index (χ1) is 8.65. The number of nitrogens with zero attached hydrogens (tertiary/aromatic N) is 1. The summed E-state index contributed by atoms with van der Waals surface area (Å²) in [7, 11) is 1.48. The second-order valence-electron chi connectivity index (χ2n) is 3.38. The molecule has 0 bridgehead atoms. The standard InChI is InChI=1S/C12H13N3O3/c1-14-11(16)7-15-12(17)8-18-10-4-2-3-9(5-10)6-13/h2-5H,7-8H2,1H3,(H,14,16)(H,15,17). The van der Waals surface area contributed by atoms with E-state index in [4.69, 9.17) is 10.00 Å². The molecule has 0 aliphatic heterocycles. The zero-order valence-corrected chi connectivity index (χ0v) is 9.90. The van der Waals surface area contributed by atoms with Crippen molar-refractivity contribution in [1.82, 2.24) is 10.6 Å². The smallest absolute Gasteiger partial charge is 0.258 e. The number of likely N-dealkylation sites (N-methyl/N-ethyl adjacent to an activating group) is 1. The van der Waals surface area contributed by atoms with Crippen molar-refractivity contribution in [3.8, 4) is 11.8 Å². The molecule has 0 radical (unpaired) electrons. The molecule has 0 aromatic heterocycles. The van der Waals surface area contributed by atoms with E-state index in [2.05, 4.69) is 10.6 Å². The van der Waals surface area contributed by atoms with E-state index < -0.39 is 5.91 Å². The summed E-state index contributed by atoms with van der Waals surface area (Å²) in [5, 5.41) is 13.5. The molecule has 94 valence electrons. The van der Waals surface area contributed by atoms with Crippen LogP contribution in [0.3, 0.4) is 0 Å². The van der Waals surface area contributed by atoms with E-state index in [-0.39, 0.29) is 19.1 Å². The van der Waals surface area contributed by atoms with E-state index in [1.807, 2.05) is 6.07 Å². The van der Waals surface area contributed by atoms with Crippen LogP contribution in [0.1, 0.15) is 5.56 Å². The molecule has 0 aliphatic carbocycles. The van der Waals surface area contributed by atoms with Crippen LogP contribution in [0.2, 0.25) is 0 Å². The minimum Gasteiger partial charge on any atom is -0.484 e. The van der Waals surface area contributed by atoms with Crippen molar-refractivity contribution in [2.75, 3.05) is 20.2 Å². The zero-order chi connectivity index (χ0) is 13.4. The summed E-state index contributed by atoms with van der Waals surface area (Å²) in [5.41, 5.74) is 0.457. The molecule has 2 amide bonds. The minimum atomic E-state index is -0.402. The van der Waals surface area contributed by atoms with Gasteiger partial charge in [0, 0.05) is 7.05 Å². The van der Waals surface area contributed by atoms with Gasteiger partial charge >= 0.3 is 0 Å². The lowest BCUT2D eigenvalue weighted by molar-refractivity contribution is -0.127. The van der Waals surface area contributed by atoms with Gasteiger partial charge in [0.1, 0.15) is 5.75 Å². The molecule has 0 saturated carbocycles. The highest BCUT2D eigenvalue weighted by atomic mass is 16.5. The fourth-order valence-electron chi connectivity index (χ4n) is 1.12. The molecule has 6 heteroatoms. The molecular weight excluding hydrogens is 234 g/mol. The second-order valence-corrected chi connectivity index (χ2v) is 3.38. The first-order valence-corrected chi connectivity index (χ1v) is 5.26. The molecule has 0 spiro atoms. The number of rotatable bonds is 5. The van der Waals surface area contributed by atoms with Crippen LogP contribution in [-0.4, -0.2) is 32.0 Å². The number of hydrogen-bond donors (Lipinski definition) is 2. The number of nitriles is 1. The van der Waals surface area contributed by atoms with Gasteiger partial charge in [0.05, 0.1) is 18.2 Å². The number of ether oxygens (including phenoxy) is 1. The quantitative estimate of drug-likeness (QED) is 0.753. The number of carbonyl (C=O) groups excluding carboxylic acids is 2. The number of amides is 2. The van der Waals surface area contributed by atoms with Crippen LogP contribution in [0.5, 0.6) is 5.75 Å². The Hall–Kier alpha value is -2.55. The van der Waals surface area contributed by atoms with E-state index in [1.54, 1.807) is 18.2 Å². The molecule has 18 heavy (non-hydrogen) atoms. The van der Waals surface area contributed by atoms with Crippen molar-refractivity contribution in [2.24, 2.45) is 0 Å². The van der Waals surface area contributed by atoms with Gasteiger partial charge in [-0.2, -0.15) is 5.26 Å². The van der Waals surface area contributed by atoms with Crippen molar-refractivity contribution in [3.05, 3.63) is 29.8 Å². The van der Waals surface area contributed by atoms with Crippen LogP contribution in [0.4, 0.5) is 0 Å². The summed E-state index contributed by atoms with van der Waals surface area (Å²) in [6.07, 6.45) is 0. The lowest BCUT2D eigenvalue weighted by Crippen LogP contribution is -2.37. The average Bonchev–Trinajstić information content (AvgIpc) is 2.42. The number of benzene rings is 1. The molecule has 0 aliphatic rings. The Morgan fingerprint density at radius 3 is 2.83 bits per heavy atom. The number of hydrogen-bond acceptors (Lipinski definition) is 4. The fraction of sp³-hybridized carbons (Fsp3) is 0.250. The molecule has 6 nitrogen and oxygen atoms in total. The summed E-state index contributed by atoms with van der Waals surface area (Å²) in [5.74, 6) is -0.250. The second kappa shape index (κ2) is 6.91. The van der Waals surface area contributed by atoms with Crippen molar-refractivity contribution in [2.45, 2.75) is 0 Å². The topological polar surface area (TPSA) is 91.2 Å². The molecule has 0 atom stereocenters. The summed E-state index contributed by atoms with van der Waals surface area (Å²) < 4.78 is 5.18. The lowest BCUT2D eigenvalue weighted by atomic mass is 10.2. The van der Waals surface area contributed by atoms with Crippen molar-refractivity contribution in [3.63, 3.8) is 0 Å². The molecule has 0 unspecified atom stereocenters. The average molecular weight is 247 g/mol. The van der Waals surface area contributed by atoms with Gasteiger partial charge < -0.3 is 15.4 Å². The van der Waals surface area contributed by atoms with Crippen LogP contribution >= 0.6 is 0 Å². The maximum atomic E-state index is 11.3. The predicted octanol–water partition coefficient (Wildman–Crippen LogP) is -0.201. The first kappa shape index (κ1) is 13.5. The maximum absolute atomic E-state index is 11.3. The SMILES string of the molecule is CNC(=O)CNC(=O)COc1cccc(C#N)c1. The normalized spacial score (nSPS) is 9.11. The van der Waals surface area contributed by atoms with Gasteiger partial charge in [-0.1, -0.05) is 6.07 Å². The number of carbonyl (C=O) groups is 2. The predicted molar refractivity (Wildman–Crippen MR) is 63.7 cm³/mol. The third-order valence-corrected chi connectivity index (χ3v) is 2.06. The third kappa shape index (κ3) is 4.53. The summed E-state index contributed by atoms with van der Waals surface area (Å²) in [6.45, 7) is -0.289. The van der Waals surface area contributed by atoms with E-state index in [1.165, 1.54) is 13.1 Å². The Kier molecular flexibility index (Phi) is 5.19. The largest absolute Gasteiger partial charge is 0.484 e. The molecular formula is C12H13N3O3. The monoisotopic (exact) mass is 247 g/mol. The van der Waals surface area contributed by atoms with Crippen LogP contribution < -0.4 is 15.4 Å². The van der Waals surface area contributed by atoms with Crippen LogP contribution in [-0.2, 0) is 9.59 Å². The van der Waals surface area contributed by atoms with E-state index in [0.29, 0.717) is 11.3 Å².